The summed E-state index contributed by atoms with van der Waals surface area (Å²) in [4.78, 5) is 15.0. The summed E-state index contributed by atoms with van der Waals surface area (Å²) in [6.45, 7) is 1.04. The second-order valence-corrected chi connectivity index (χ2v) is 6.31. The number of hydrogen-bond acceptors (Lipinski definition) is 8. The third kappa shape index (κ3) is 3.34. The lowest BCUT2D eigenvalue weighted by Gasteiger charge is -2.18. The van der Waals surface area contributed by atoms with Crippen molar-refractivity contribution in [1.29, 1.82) is 0 Å². The van der Waals surface area contributed by atoms with Crippen LogP contribution in [-0.2, 0) is 0 Å². The van der Waals surface area contributed by atoms with Crippen LogP contribution in [0.2, 0.25) is 0 Å². The van der Waals surface area contributed by atoms with E-state index in [4.69, 9.17) is 13.9 Å². The molecule has 4 rings (SSSR count). The van der Waals surface area contributed by atoms with Gasteiger partial charge in [-0.15, -0.1) is 11.3 Å². The summed E-state index contributed by atoms with van der Waals surface area (Å²) in [6, 6.07) is 8.43. The lowest BCUT2D eigenvalue weighted by Crippen LogP contribution is -2.15. The standard InChI is InChI=1S/C17H14N4O5S/c1-18-17-20(19-9-12-3-5-16(26-12)21(22)23)13(10-27-17)11-2-4-14-15(8-11)25-7-6-24-14/h2-5,8-10H,6-7H2,1H3/b18-17?,19-9-. The monoisotopic (exact) mass is 386 g/mol. The third-order valence-corrected chi connectivity index (χ3v) is 4.71. The van der Waals surface area contributed by atoms with Crippen molar-refractivity contribution in [1.82, 2.24) is 4.68 Å². The third-order valence-electron chi connectivity index (χ3n) is 3.81. The van der Waals surface area contributed by atoms with Crippen LogP contribution in [0.15, 0.2) is 50.2 Å². The molecule has 2 aromatic heterocycles. The fraction of sp³-hybridized carbons (Fsp3) is 0.176. The average Bonchev–Trinajstić information content (AvgIpc) is 3.32. The summed E-state index contributed by atoms with van der Waals surface area (Å²) in [5, 5.41) is 17.0. The van der Waals surface area contributed by atoms with E-state index in [-0.39, 0.29) is 11.6 Å². The Hall–Kier alpha value is -3.40. The van der Waals surface area contributed by atoms with Crippen LogP contribution in [0, 0.1) is 10.1 Å². The predicted molar refractivity (Wildman–Crippen MR) is 98.6 cm³/mol. The van der Waals surface area contributed by atoms with Crippen molar-refractivity contribution in [2.45, 2.75) is 0 Å². The molecule has 3 heterocycles. The van der Waals surface area contributed by atoms with E-state index < -0.39 is 4.92 Å². The van der Waals surface area contributed by atoms with E-state index in [1.54, 1.807) is 11.7 Å². The fourth-order valence-corrected chi connectivity index (χ4v) is 3.39. The summed E-state index contributed by atoms with van der Waals surface area (Å²) in [6.07, 6.45) is 1.41. The molecule has 138 valence electrons. The molecule has 0 saturated carbocycles. The van der Waals surface area contributed by atoms with Gasteiger partial charge in [0.25, 0.3) is 0 Å². The summed E-state index contributed by atoms with van der Waals surface area (Å²) in [5.74, 6) is 1.32. The molecule has 0 atom stereocenters. The molecule has 0 radical (unpaired) electrons. The number of rotatable bonds is 4. The highest BCUT2D eigenvalue weighted by molar-refractivity contribution is 7.07. The van der Waals surface area contributed by atoms with Crippen molar-refractivity contribution in [3.8, 4) is 22.8 Å². The van der Waals surface area contributed by atoms with E-state index >= 15 is 0 Å². The summed E-state index contributed by atoms with van der Waals surface area (Å²) < 4.78 is 17.9. The van der Waals surface area contributed by atoms with Gasteiger partial charge in [0, 0.05) is 18.0 Å². The number of thiazole rings is 1. The molecule has 0 unspecified atom stereocenters. The minimum atomic E-state index is -0.595. The number of ether oxygens (including phenoxy) is 2. The maximum Gasteiger partial charge on any atom is 0.433 e. The van der Waals surface area contributed by atoms with Crippen molar-refractivity contribution in [3.05, 3.63) is 56.4 Å². The second-order valence-electron chi connectivity index (χ2n) is 5.48. The van der Waals surface area contributed by atoms with Crippen LogP contribution in [0.25, 0.3) is 11.3 Å². The SMILES string of the molecule is CN=c1scc(-c2ccc3c(c2)OCCO3)n1/N=C\c1ccc([N+](=O)[O-])o1. The number of benzene rings is 1. The maximum atomic E-state index is 10.7. The first kappa shape index (κ1) is 17.0. The van der Waals surface area contributed by atoms with Gasteiger partial charge in [-0.25, -0.2) is 4.68 Å². The van der Waals surface area contributed by atoms with Gasteiger partial charge in [-0.2, -0.15) is 5.10 Å². The summed E-state index contributed by atoms with van der Waals surface area (Å²) >= 11 is 1.43. The molecule has 0 fully saturated rings. The topological polar surface area (TPSA) is 104 Å². The normalized spacial score (nSPS) is 14.0. The number of aromatic nitrogens is 1. The zero-order valence-corrected chi connectivity index (χ0v) is 15.0. The van der Waals surface area contributed by atoms with Crippen LogP contribution in [0.5, 0.6) is 11.5 Å². The van der Waals surface area contributed by atoms with Gasteiger partial charge in [0.15, 0.2) is 17.3 Å². The Morgan fingerprint density at radius 3 is 2.78 bits per heavy atom. The Labute approximate surface area is 157 Å². The highest BCUT2D eigenvalue weighted by atomic mass is 32.1. The van der Waals surface area contributed by atoms with Gasteiger partial charge >= 0.3 is 5.88 Å². The summed E-state index contributed by atoms with van der Waals surface area (Å²) in [5.41, 5.74) is 1.68. The average molecular weight is 386 g/mol. The first-order valence-corrected chi connectivity index (χ1v) is 8.85. The van der Waals surface area contributed by atoms with Gasteiger partial charge in [0.05, 0.1) is 18.0 Å². The van der Waals surface area contributed by atoms with Gasteiger partial charge < -0.3 is 13.9 Å². The minimum Gasteiger partial charge on any atom is -0.486 e. The predicted octanol–water partition coefficient (Wildman–Crippen LogP) is 2.90. The number of nitrogens with zero attached hydrogens (tertiary/aromatic N) is 4. The van der Waals surface area contributed by atoms with Crippen LogP contribution >= 0.6 is 11.3 Å². The number of nitro groups is 1. The van der Waals surface area contributed by atoms with Crippen molar-refractivity contribution in [2.75, 3.05) is 20.3 Å². The molecule has 27 heavy (non-hydrogen) atoms. The smallest absolute Gasteiger partial charge is 0.433 e. The van der Waals surface area contributed by atoms with Crippen LogP contribution in [0.4, 0.5) is 5.88 Å². The lowest BCUT2D eigenvalue weighted by molar-refractivity contribution is -0.402. The van der Waals surface area contributed by atoms with Crippen LogP contribution in [-0.4, -0.2) is 36.1 Å². The molecular weight excluding hydrogens is 372 g/mol. The number of fused-ring (bicyclic) bond motifs is 1. The van der Waals surface area contributed by atoms with Crippen molar-refractivity contribution in [2.24, 2.45) is 10.1 Å². The molecule has 1 aliphatic heterocycles. The van der Waals surface area contributed by atoms with Crippen LogP contribution in [0.3, 0.4) is 0 Å². The van der Waals surface area contributed by atoms with Gasteiger partial charge in [-0.3, -0.25) is 15.1 Å². The van der Waals surface area contributed by atoms with Crippen molar-refractivity contribution >= 4 is 23.4 Å². The molecule has 9 nitrogen and oxygen atoms in total. The minimum absolute atomic E-state index is 0.274. The largest absolute Gasteiger partial charge is 0.486 e. The molecule has 0 saturated heterocycles. The highest BCUT2D eigenvalue weighted by Gasteiger charge is 2.15. The van der Waals surface area contributed by atoms with E-state index in [0.29, 0.717) is 29.5 Å². The molecule has 1 aromatic carbocycles. The Bertz CT molecular complexity index is 1090. The van der Waals surface area contributed by atoms with Crippen molar-refractivity contribution in [3.63, 3.8) is 0 Å². The zero-order chi connectivity index (χ0) is 18.8. The Morgan fingerprint density at radius 2 is 2.04 bits per heavy atom. The number of hydrogen-bond donors (Lipinski definition) is 0. The maximum absolute atomic E-state index is 10.7. The van der Waals surface area contributed by atoms with E-state index in [1.807, 2.05) is 23.6 Å². The zero-order valence-electron chi connectivity index (χ0n) is 14.2. The molecule has 1 aliphatic rings. The van der Waals surface area contributed by atoms with E-state index in [1.165, 1.54) is 29.7 Å². The molecule has 0 amide bonds. The first-order valence-electron chi connectivity index (χ1n) is 7.97. The molecular formula is C17H14N4O5S. The van der Waals surface area contributed by atoms with Gasteiger partial charge in [-0.1, -0.05) is 0 Å². The summed E-state index contributed by atoms with van der Waals surface area (Å²) in [7, 11) is 1.67. The van der Waals surface area contributed by atoms with Crippen LogP contribution in [0.1, 0.15) is 5.76 Å². The Morgan fingerprint density at radius 1 is 1.22 bits per heavy atom. The molecule has 0 bridgehead atoms. The van der Waals surface area contributed by atoms with Crippen LogP contribution < -0.4 is 14.3 Å². The molecule has 0 N–H and O–H groups in total. The quantitative estimate of drug-likeness (QED) is 0.389. The van der Waals surface area contributed by atoms with E-state index in [0.717, 1.165) is 11.3 Å². The molecule has 10 heteroatoms. The lowest BCUT2D eigenvalue weighted by atomic mass is 10.1. The Balaban J connectivity index is 1.72. The van der Waals surface area contributed by atoms with E-state index in [2.05, 4.69) is 10.1 Å². The number of furan rings is 1. The van der Waals surface area contributed by atoms with Crippen molar-refractivity contribution < 1.29 is 18.8 Å². The second kappa shape index (κ2) is 7.08. The van der Waals surface area contributed by atoms with E-state index in [9.17, 15) is 10.1 Å². The van der Waals surface area contributed by atoms with Gasteiger partial charge in [0.1, 0.15) is 18.1 Å². The fourth-order valence-electron chi connectivity index (χ4n) is 2.59. The Kier molecular flexibility index (Phi) is 4.47. The molecule has 0 aliphatic carbocycles. The first-order chi connectivity index (χ1) is 13.2. The highest BCUT2D eigenvalue weighted by Crippen LogP contribution is 2.34. The van der Waals surface area contributed by atoms with Gasteiger partial charge in [-0.05, 0) is 24.3 Å². The van der Waals surface area contributed by atoms with Gasteiger partial charge in [0.2, 0.25) is 4.80 Å². The molecule has 3 aromatic rings. The molecule has 0 spiro atoms.